The second-order valence-corrected chi connectivity index (χ2v) is 8.05. The number of pyridine rings is 2. The van der Waals surface area contributed by atoms with E-state index in [1.807, 2.05) is 12.1 Å². The number of piperazine rings is 1. The molecule has 0 saturated carbocycles. The van der Waals surface area contributed by atoms with E-state index in [1.54, 1.807) is 23.7 Å². The van der Waals surface area contributed by atoms with E-state index in [-0.39, 0.29) is 11.6 Å². The highest BCUT2D eigenvalue weighted by atomic mass is 16.1. The van der Waals surface area contributed by atoms with Crippen molar-refractivity contribution in [2.24, 2.45) is 7.05 Å². The van der Waals surface area contributed by atoms with Gasteiger partial charge in [0.25, 0.3) is 11.4 Å². The second kappa shape index (κ2) is 8.29. The summed E-state index contributed by atoms with van der Waals surface area (Å²) in [4.78, 5) is 25.6. The number of aromatic nitrogens is 2. The van der Waals surface area contributed by atoms with Gasteiger partial charge in [-0.2, -0.15) is 0 Å². The molecule has 6 heteroatoms. The number of fused-ring (bicyclic) bond motifs is 1. The molecule has 1 saturated heterocycles. The summed E-state index contributed by atoms with van der Waals surface area (Å²) < 4.78 is 1.60. The van der Waals surface area contributed by atoms with Crippen LogP contribution < -0.4 is 10.5 Å². The molecule has 0 unspecified atom stereocenters. The predicted molar refractivity (Wildman–Crippen MR) is 121 cm³/mol. The van der Waals surface area contributed by atoms with Crippen LogP contribution in [-0.4, -0.2) is 39.6 Å². The number of anilines is 1. The highest BCUT2D eigenvalue weighted by molar-refractivity contribution is 5.89. The second-order valence-electron chi connectivity index (χ2n) is 8.05. The molecule has 2 aromatic heterocycles. The van der Waals surface area contributed by atoms with Crippen LogP contribution in [0.3, 0.4) is 0 Å². The van der Waals surface area contributed by atoms with Gasteiger partial charge in [-0.3, -0.25) is 9.69 Å². The zero-order valence-electron chi connectivity index (χ0n) is 17.7. The Bertz CT molecular complexity index is 1150. The van der Waals surface area contributed by atoms with E-state index in [9.17, 15) is 4.79 Å². The minimum absolute atomic E-state index is 0.0539. The average Bonchev–Trinajstić information content (AvgIpc) is 2.77. The van der Waals surface area contributed by atoms with E-state index in [2.05, 4.69) is 57.7 Å². The van der Waals surface area contributed by atoms with Gasteiger partial charge in [-0.25, -0.2) is 0 Å². The topological polar surface area (TPSA) is 45.7 Å². The van der Waals surface area contributed by atoms with Gasteiger partial charge in [0.2, 0.25) is 5.52 Å². The minimum Gasteiger partial charge on any atom is -0.362 e. The first-order valence-corrected chi connectivity index (χ1v) is 10.4. The van der Waals surface area contributed by atoms with Crippen LogP contribution in [0.4, 0.5) is 11.5 Å². The summed E-state index contributed by atoms with van der Waals surface area (Å²) in [7, 11) is 1.75. The molecule has 1 aromatic carbocycles. The van der Waals surface area contributed by atoms with Crippen molar-refractivity contribution >= 4 is 22.5 Å². The van der Waals surface area contributed by atoms with Crippen molar-refractivity contribution in [2.75, 3.05) is 18.0 Å². The largest absolute Gasteiger partial charge is 0.362 e. The SMILES string of the molecule is [C-]#[N+]c1ccc2c(n1)c(N1C[C@@H](CC)N(Cc3ccccc3)C[C@@H]1C)cc(=O)n2C. The van der Waals surface area contributed by atoms with E-state index in [0.717, 1.165) is 42.8 Å². The molecule has 0 aliphatic carbocycles. The number of hydrogen-bond donors (Lipinski definition) is 0. The van der Waals surface area contributed by atoms with Gasteiger partial charge in [0.05, 0.1) is 11.2 Å². The Morgan fingerprint density at radius 2 is 1.93 bits per heavy atom. The molecule has 0 radical (unpaired) electrons. The van der Waals surface area contributed by atoms with Crippen LogP contribution >= 0.6 is 0 Å². The first kappa shape index (κ1) is 20.1. The summed E-state index contributed by atoms with van der Waals surface area (Å²) in [6.45, 7) is 14.4. The number of hydrogen-bond acceptors (Lipinski definition) is 4. The molecule has 0 N–H and O–H groups in total. The van der Waals surface area contributed by atoms with Crippen molar-refractivity contribution < 1.29 is 0 Å². The maximum absolute atomic E-state index is 12.7. The van der Waals surface area contributed by atoms with Crippen LogP contribution in [0.25, 0.3) is 15.9 Å². The summed E-state index contributed by atoms with van der Waals surface area (Å²) in [5.41, 5.74) is 3.59. The lowest BCUT2D eigenvalue weighted by Crippen LogP contribution is -2.57. The van der Waals surface area contributed by atoms with Crippen LogP contribution in [0, 0.1) is 6.57 Å². The van der Waals surface area contributed by atoms with Gasteiger partial charge in [-0.15, -0.1) is 4.98 Å². The summed E-state index contributed by atoms with van der Waals surface area (Å²) in [6, 6.07) is 16.4. The van der Waals surface area contributed by atoms with Gasteiger partial charge < -0.3 is 14.3 Å². The Morgan fingerprint density at radius 1 is 1.17 bits per heavy atom. The molecule has 1 fully saturated rings. The molecule has 2 atom stereocenters. The molecular formula is C24H27N5O. The summed E-state index contributed by atoms with van der Waals surface area (Å²) >= 11 is 0. The molecule has 0 spiro atoms. The Kier molecular flexibility index (Phi) is 5.56. The number of aryl methyl sites for hydroxylation is 1. The highest BCUT2D eigenvalue weighted by Crippen LogP contribution is 2.31. The van der Waals surface area contributed by atoms with Gasteiger partial charge >= 0.3 is 0 Å². The standard InChI is InChI=1S/C24H27N5O/c1-5-19-16-29(17(2)14-28(19)15-18-9-7-6-8-10-18)21-13-23(30)27(4)20-11-12-22(25-3)26-24(20)21/h6-13,17,19H,5,14-16H2,1-2,4H3/t17-,19+/m0/s1. The Morgan fingerprint density at radius 3 is 2.63 bits per heavy atom. The van der Waals surface area contributed by atoms with Gasteiger partial charge in [-0.1, -0.05) is 43.8 Å². The number of nitrogens with zero attached hydrogens (tertiary/aromatic N) is 5. The molecule has 3 aromatic rings. The van der Waals surface area contributed by atoms with Gasteiger partial charge in [0.15, 0.2) is 0 Å². The molecule has 30 heavy (non-hydrogen) atoms. The fraction of sp³-hybridized carbons (Fsp3) is 0.375. The van der Waals surface area contributed by atoms with Crippen LogP contribution in [-0.2, 0) is 13.6 Å². The summed E-state index contributed by atoms with van der Waals surface area (Å²) in [5, 5.41) is 0. The monoisotopic (exact) mass is 401 g/mol. The normalized spacial score (nSPS) is 19.7. The third kappa shape index (κ3) is 3.69. The van der Waals surface area contributed by atoms with E-state index >= 15 is 0 Å². The molecule has 3 heterocycles. The van der Waals surface area contributed by atoms with Crippen LogP contribution in [0.1, 0.15) is 25.8 Å². The van der Waals surface area contributed by atoms with Gasteiger partial charge in [0.1, 0.15) is 0 Å². The molecule has 4 rings (SSSR count). The molecule has 1 aliphatic rings. The smallest absolute Gasteiger partial charge is 0.270 e. The van der Waals surface area contributed by atoms with Crippen LogP contribution in [0.5, 0.6) is 0 Å². The van der Waals surface area contributed by atoms with Gasteiger partial charge in [-0.05, 0) is 31.0 Å². The van der Waals surface area contributed by atoms with E-state index < -0.39 is 0 Å². The predicted octanol–water partition coefficient (Wildman–Crippen LogP) is 3.97. The third-order valence-corrected chi connectivity index (χ3v) is 6.13. The lowest BCUT2D eigenvalue weighted by molar-refractivity contribution is 0.142. The average molecular weight is 402 g/mol. The quantitative estimate of drug-likeness (QED) is 0.621. The zero-order valence-corrected chi connectivity index (χ0v) is 17.7. The molecule has 6 nitrogen and oxygen atoms in total. The van der Waals surface area contributed by atoms with Gasteiger partial charge in [0, 0.05) is 44.8 Å². The Balaban J connectivity index is 1.71. The fourth-order valence-corrected chi connectivity index (χ4v) is 4.43. The first-order chi connectivity index (χ1) is 14.5. The first-order valence-electron chi connectivity index (χ1n) is 10.4. The lowest BCUT2D eigenvalue weighted by Gasteiger charge is -2.46. The van der Waals surface area contributed by atoms with Crippen molar-refractivity contribution in [1.29, 1.82) is 0 Å². The lowest BCUT2D eigenvalue weighted by atomic mass is 10.0. The summed E-state index contributed by atoms with van der Waals surface area (Å²) in [5.74, 6) is 0.352. The van der Waals surface area contributed by atoms with Crippen molar-refractivity contribution in [2.45, 2.75) is 38.9 Å². The molecule has 0 bridgehead atoms. The van der Waals surface area contributed by atoms with E-state index in [0.29, 0.717) is 11.9 Å². The van der Waals surface area contributed by atoms with Crippen LogP contribution in [0.15, 0.2) is 53.3 Å². The van der Waals surface area contributed by atoms with Crippen molar-refractivity contribution in [3.05, 3.63) is 75.9 Å². The minimum atomic E-state index is -0.0539. The molecule has 154 valence electrons. The fourth-order valence-electron chi connectivity index (χ4n) is 4.43. The molecular weight excluding hydrogens is 374 g/mol. The number of benzene rings is 1. The molecule has 0 amide bonds. The van der Waals surface area contributed by atoms with Crippen LogP contribution in [0.2, 0.25) is 0 Å². The zero-order chi connectivity index (χ0) is 21.3. The third-order valence-electron chi connectivity index (χ3n) is 6.13. The summed E-state index contributed by atoms with van der Waals surface area (Å²) in [6.07, 6.45) is 1.03. The maximum atomic E-state index is 12.7. The Hall–Kier alpha value is -3.17. The van der Waals surface area contributed by atoms with Crippen molar-refractivity contribution in [1.82, 2.24) is 14.5 Å². The molecule has 1 aliphatic heterocycles. The maximum Gasteiger partial charge on any atom is 0.270 e. The Labute approximate surface area is 177 Å². The number of rotatable bonds is 4. The highest BCUT2D eigenvalue weighted by Gasteiger charge is 2.32. The van der Waals surface area contributed by atoms with Crippen molar-refractivity contribution in [3.8, 4) is 0 Å². The van der Waals surface area contributed by atoms with Crippen molar-refractivity contribution in [3.63, 3.8) is 0 Å². The van der Waals surface area contributed by atoms with E-state index in [1.165, 1.54) is 5.56 Å². The van der Waals surface area contributed by atoms with E-state index in [4.69, 9.17) is 6.57 Å².